The second kappa shape index (κ2) is 9.57. The third-order valence-electron chi connectivity index (χ3n) is 3.26. The molecule has 0 radical (unpaired) electrons. The molecule has 0 aliphatic rings. The fourth-order valence-corrected chi connectivity index (χ4v) is 2.21. The molecule has 0 saturated heterocycles. The minimum absolute atomic E-state index is 0.0301. The molecule has 1 N–H and O–H groups in total. The van der Waals surface area contributed by atoms with Gasteiger partial charge in [-0.25, -0.2) is 9.59 Å². The molecule has 0 aliphatic carbocycles. The highest BCUT2D eigenvalue weighted by Crippen LogP contribution is 2.06. The summed E-state index contributed by atoms with van der Waals surface area (Å²) in [7, 11) is 0. The first-order valence-electron chi connectivity index (χ1n) is 7.47. The summed E-state index contributed by atoms with van der Waals surface area (Å²) in [5, 5.41) is 2.69. The van der Waals surface area contributed by atoms with Crippen LogP contribution >= 0.6 is 11.6 Å². The number of halogens is 1. The molecule has 0 bridgehead atoms. The van der Waals surface area contributed by atoms with Crippen molar-refractivity contribution >= 4 is 23.1 Å². The summed E-state index contributed by atoms with van der Waals surface area (Å²) in [6, 6.07) is 18.5. The minimum atomic E-state index is -0.910. The van der Waals surface area contributed by atoms with E-state index in [0.29, 0.717) is 6.42 Å². The lowest BCUT2D eigenvalue weighted by atomic mass is 10.1. The van der Waals surface area contributed by atoms with E-state index in [-0.39, 0.29) is 13.2 Å². The highest BCUT2D eigenvalue weighted by Gasteiger charge is 2.16. The van der Waals surface area contributed by atoms with Gasteiger partial charge in [-0.15, -0.1) is 0 Å². The van der Waals surface area contributed by atoms with Crippen LogP contribution in [-0.4, -0.2) is 24.2 Å². The third kappa shape index (κ3) is 6.71. The number of alkyl carbamates (subject to hydrolysis) is 1. The molecule has 24 heavy (non-hydrogen) atoms. The summed E-state index contributed by atoms with van der Waals surface area (Å²) in [6.07, 6.45) is -0.0868. The number of carbonyl (C=O) groups is 2. The van der Waals surface area contributed by atoms with Crippen LogP contribution in [0.15, 0.2) is 60.7 Å². The van der Waals surface area contributed by atoms with Crippen LogP contribution in [-0.2, 0) is 22.5 Å². The summed E-state index contributed by atoms with van der Waals surface area (Å²) in [6.45, 7) is 0.137. The standard InChI is InChI=1S/C18H18ClNO4/c19-17(21)23-13-16(11-14-7-3-1-4-8-14)20-18(22)24-12-15-9-5-2-6-10-15/h1-10,16H,11-13H2,(H,20,22)/t16-/m1/s1. The maximum atomic E-state index is 12.0. The lowest BCUT2D eigenvalue weighted by molar-refractivity contribution is 0.123. The van der Waals surface area contributed by atoms with E-state index in [4.69, 9.17) is 21.1 Å². The quantitative estimate of drug-likeness (QED) is 0.771. The molecular weight excluding hydrogens is 330 g/mol. The Balaban J connectivity index is 1.88. The van der Waals surface area contributed by atoms with Gasteiger partial charge in [-0.3, -0.25) is 0 Å². The van der Waals surface area contributed by atoms with Crippen LogP contribution in [0.1, 0.15) is 11.1 Å². The van der Waals surface area contributed by atoms with Gasteiger partial charge in [0.15, 0.2) is 0 Å². The van der Waals surface area contributed by atoms with Crippen molar-refractivity contribution in [3.63, 3.8) is 0 Å². The van der Waals surface area contributed by atoms with E-state index in [9.17, 15) is 9.59 Å². The predicted molar refractivity (Wildman–Crippen MR) is 90.9 cm³/mol. The second-order valence-corrected chi connectivity index (χ2v) is 5.45. The van der Waals surface area contributed by atoms with E-state index in [1.165, 1.54) is 0 Å². The normalized spacial score (nSPS) is 11.4. The summed E-state index contributed by atoms with van der Waals surface area (Å²) in [5.41, 5.74) is 0.975. The smallest absolute Gasteiger partial charge is 0.407 e. The molecule has 0 spiro atoms. The minimum Gasteiger partial charge on any atom is -0.451 e. The monoisotopic (exact) mass is 347 g/mol. The van der Waals surface area contributed by atoms with Gasteiger partial charge in [0.1, 0.15) is 13.2 Å². The average Bonchev–Trinajstić information content (AvgIpc) is 2.60. The van der Waals surface area contributed by atoms with E-state index in [1.54, 1.807) is 0 Å². The van der Waals surface area contributed by atoms with Crippen LogP contribution in [0, 0.1) is 0 Å². The van der Waals surface area contributed by atoms with E-state index >= 15 is 0 Å². The lowest BCUT2D eigenvalue weighted by Gasteiger charge is -2.18. The summed E-state index contributed by atoms with van der Waals surface area (Å²) in [4.78, 5) is 22.8. The summed E-state index contributed by atoms with van der Waals surface area (Å²) >= 11 is 5.20. The van der Waals surface area contributed by atoms with Gasteiger partial charge >= 0.3 is 11.5 Å². The van der Waals surface area contributed by atoms with Crippen molar-refractivity contribution in [1.29, 1.82) is 0 Å². The average molecular weight is 348 g/mol. The number of rotatable bonds is 7. The predicted octanol–water partition coefficient (Wildman–Crippen LogP) is 3.90. The Morgan fingerprint density at radius 2 is 1.50 bits per heavy atom. The molecule has 6 heteroatoms. The van der Waals surface area contributed by atoms with E-state index in [1.807, 2.05) is 60.7 Å². The zero-order valence-electron chi connectivity index (χ0n) is 13.0. The first-order chi connectivity index (χ1) is 11.6. The molecule has 0 heterocycles. The Morgan fingerprint density at radius 3 is 2.08 bits per heavy atom. The third-order valence-corrected chi connectivity index (χ3v) is 3.37. The largest absolute Gasteiger partial charge is 0.451 e. The molecule has 0 aliphatic heterocycles. The van der Waals surface area contributed by atoms with Gasteiger partial charge in [-0.2, -0.15) is 0 Å². The van der Waals surface area contributed by atoms with E-state index in [2.05, 4.69) is 5.32 Å². The Kier molecular flexibility index (Phi) is 7.11. The molecule has 2 aromatic carbocycles. The summed E-state index contributed by atoms with van der Waals surface area (Å²) < 4.78 is 9.98. The zero-order valence-corrected chi connectivity index (χ0v) is 13.7. The molecule has 1 amide bonds. The fourth-order valence-electron chi connectivity index (χ4n) is 2.15. The highest BCUT2D eigenvalue weighted by molar-refractivity contribution is 6.61. The van der Waals surface area contributed by atoms with Crippen molar-refractivity contribution in [2.24, 2.45) is 0 Å². The van der Waals surface area contributed by atoms with Crippen LogP contribution < -0.4 is 5.32 Å². The molecule has 0 fully saturated rings. The molecule has 126 valence electrons. The van der Waals surface area contributed by atoms with Gasteiger partial charge in [0.05, 0.1) is 6.04 Å². The Labute approximate surface area is 145 Å². The van der Waals surface area contributed by atoms with Crippen molar-refractivity contribution < 1.29 is 19.1 Å². The van der Waals surface area contributed by atoms with Crippen molar-refractivity contribution in [3.05, 3.63) is 71.8 Å². The highest BCUT2D eigenvalue weighted by atomic mass is 35.5. The topological polar surface area (TPSA) is 64.6 Å². The number of amides is 1. The maximum Gasteiger partial charge on any atom is 0.407 e. The van der Waals surface area contributed by atoms with Crippen molar-refractivity contribution in [2.75, 3.05) is 6.61 Å². The van der Waals surface area contributed by atoms with Gasteiger partial charge in [0, 0.05) is 11.6 Å². The number of nitrogens with one attached hydrogen (secondary N) is 1. The van der Waals surface area contributed by atoms with Crippen LogP contribution in [0.25, 0.3) is 0 Å². The Morgan fingerprint density at radius 1 is 0.917 bits per heavy atom. The first kappa shape index (κ1) is 17.8. The molecular formula is C18H18ClNO4. The lowest BCUT2D eigenvalue weighted by Crippen LogP contribution is -2.40. The van der Waals surface area contributed by atoms with Crippen molar-refractivity contribution in [1.82, 2.24) is 5.32 Å². The number of carbonyl (C=O) groups excluding carboxylic acids is 2. The fraction of sp³-hybridized carbons (Fsp3) is 0.222. The summed E-state index contributed by atoms with van der Waals surface area (Å²) in [5.74, 6) is 0. The van der Waals surface area contributed by atoms with Gasteiger partial charge < -0.3 is 14.8 Å². The van der Waals surface area contributed by atoms with Crippen LogP contribution in [0.5, 0.6) is 0 Å². The maximum absolute atomic E-state index is 12.0. The van der Waals surface area contributed by atoms with E-state index < -0.39 is 17.6 Å². The van der Waals surface area contributed by atoms with Crippen LogP contribution in [0.3, 0.4) is 0 Å². The van der Waals surface area contributed by atoms with Crippen molar-refractivity contribution in [3.8, 4) is 0 Å². The van der Waals surface area contributed by atoms with Gasteiger partial charge in [-0.05, 0) is 17.5 Å². The van der Waals surface area contributed by atoms with Crippen LogP contribution in [0.2, 0.25) is 0 Å². The number of benzene rings is 2. The Bertz CT molecular complexity index is 649. The molecule has 2 aromatic rings. The van der Waals surface area contributed by atoms with Crippen LogP contribution in [0.4, 0.5) is 9.59 Å². The van der Waals surface area contributed by atoms with Gasteiger partial charge in [0.2, 0.25) is 0 Å². The SMILES string of the molecule is O=C(Cl)OC[C@@H](Cc1ccccc1)NC(=O)OCc1ccccc1. The van der Waals surface area contributed by atoms with E-state index in [0.717, 1.165) is 11.1 Å². The van der Waals surface area contributed by atoms with Gasteiger partial charge in [0.25, 0.3) is 0 Å². The zero-order chi connectivity index (χ0) is 17.2. The molecule has 0 unspecified atom stereocenters. The van der Waals surface area contributed by atoms with Gasteiger partial charge in [-0.1, -0.05) is 60.7 Å². The number of hydrogen-bond acceptors (Lipinski definition) is 4. The molecule has 0 aromatic heterocycles. The first-order valence-corrected chi connectivity index (χ1v) is 7.84. The Hall–Kier alpha value is -2.53. The van der Waals surface area contributed by atoms with Crippen molar-refractivity contribution in [2.45, 2.75) is 19.1 Å². The second-order valence-electron chi connectivity index (χ2n) is 5.14. The molecule has 1 atom stereocenters. The molecule has 2 rings (SSSR count). The number of hydrogen-bond donors (Lipinski definition) is 1. The molecule has 5 nitrogen and oxygen atoms in total. The number of ether oxygens (including phenoxy) is 2. The molecule has 0 saturated carbocycles.